The smallest absolute Gasteiger partial charge is 0.355 e. The monoisotopic (exact) mass is 849 g/mol. The molecule has 13 nitrogen and oxygen atoms in total. The van der Waals surface area contributed by atoms with E-state index >= 15 is 0 Å². The van der Waals surface area contributed by atoms with Crippen molar-refractivity contribution >= 4 is 57.8 Å². The van der Waals surface area contributed by atoms with Crippen molar-refractivity contribution in [2.24, 2.45) is 5.16 Å². The number of ether oxygens (including phenoxy) is 2. The molecule has 306 valence electrons. The summed E-state index contributed by atoms with van der Waals surface area (Å²) in [4.78, 5) is 61.4. The van der Waals surface area contributed by atoms with Gasteiger partial charge in [-0.05, 0) is 40.0 Å². The zero-order valence-corrected chi connectivity index (χ0v) is 34.6. The minimum atomic E-state index is -0.977. The molecule has 2 aliphatic heterocycles. The lowest BCUT2D eigenvalue weighted by atomic mass is 9.77. The molecule has 1 fully saturated rings. The molecular weight excluding hydrogens is 811 g/mol. The van der Waals surface area contributed by atoms with Crippen molar-refractivity contribution in [1.29, 1.82) is 0 Å². The van der Waals surface area contributed by atoms with Crippen molar-refractivity contribution in [1.82, 2.24) is 25.2 Å². The van der Waals surface area contributed by atoms with Crippen molar-refractivity contribution < 1.29 is 28.7 Å². The van der Waals surface area contributed by atoms with Gasteiger partial charge in [-0.25, -0.2) is 19.7 Å². The number of aromatic nitrogens is 3. The van der Waals surface area contributed by atoms with Gasteiger partial charge in [-0.15, -0.1) is 23.1 Å². The standard InChI is InChI=1S/C46H39N7O6S2/c1-57-36-22-19-30(20-23-36)26-59-44(56)40-32(21-18-31-24-47-29-48-25-31)27-60-43-39(42(55)53(40)43)50-41(54)38(52-58-2)37-28-61-45(49-37)51-46(33-12-6-3-7-13-33,34-14-8-4-9-15-34)35-16-10-5-11-17-35/h3-25,28-29,39,43H,26-27H2,1-2H3,(H,49,51)(H,50,54)/b21-18-,52-38-/t39-,43-/m1/s1. The molecule has 15 heteroatoms. The number of benzene rings is 4. The average molecular weight is 850 g/mol. The third-order valence-electron chi connectivity index (χ3n) is 10.1. The number of carbonyl (C=O) groups is 3. The van der Waals surface area contributed by atoms with Crippen molar-refractivity contribution in [3.05, 3.63) is 190 Å². The highest BCUT2D eigenvalue weighted by Gasteiger charge is 2.54. The van der Waals surface area contributed by atoms with Crippen LogP contribution in [0.4, 0.5) is 5.13 Å². The maximum absolute atomic E-state index is 14.1. The largest absolute Gasteiger partial charge is 0.497 e. The van der Waals surface area contributed by atoms with E-state index in [1.165, 1.54) is 41.4 Å². The first-order valence-electron chi connectivity index (χ1n) is 19.1. The Kier molecular flexibility index (Phi) is 12.3. The van der Waals surface area contributed by atoms with Gasteiger partial charge in [0.15, 0.2) is 10.8 Å². The van der Waals surface area contributed by atoms with Crippen LogP contribution in [0.1, 0.15) is 33.5 Å². The van der Waals surface area contributed by atoms with E-state index < -0.39 is 34.7 Å². The van der Waals surface area contributed by atoms with Gasteiger partial charge in [0.1, 0.15) is 54.1 Å². The molecule has 0 saturated carbocycles. The first-order valence-corrected chi connectivity index (χ1v) is 21.1. The maximum atomic E-state index is 14.1. The van der Waals surface area contributed by atoms with E-state index in [4.69, 9.17) is 19.3 Å². The first-order chi connectivity index (χ1) is 29.9. The fourth-order valence-electron chi connectivity index (χ4n) is 7.18. The van der Waals surface area contributed by atoms with Crippen molar-refractivity contribution in [2.45, 2.75) is 23.6 Å². The van der Waals surface area contributed by atoms with E-state index in [9.17, 15) is 14.4 Å². The molecule has 2 atom stereocenters. The van der Waals surface area contributed by atoms with Crippen LogP contribution in [0, 0.1) is 0 Å². The van der Waals surface area contributed by atoms with E-state index in [0.29, 0.717) is 27.8 Å². The number of nitrogens with one attached hydrogen (secondary N) is 2. The third-order valence-corrected chi connectivity index (χ3v) is 12.2. The number of fused-ring (bicyclic) bond motifs is 1. The highest BCUT2D eigenvalue weighted by atomic mass is 32.2. The minimum Gasteiger partial charge on any atom is -0.497 e. The molecule has 8 rings (SSSR count). The van der Waals surface area contributed by atoms with Crippen molar-refractivity contribution in [3.8, 4) is 5.75 Å². The van der Waals surface area contributed by atoms with Crippen LogP contribution in [0.2, 0.25) is 0 Å². The van der Waals surface area contributed by atoms with E-state index in [0.717, 1.165) is 22.3 Å². The summed E-state index contributed by atoms with van der Waals surface area (Å²) in [6, 6.07) is 36.4. The number of thioether (sulfide) groups is 1. The quantitative estimate of drug-likeness (QED) is 0.0368. The number of hydrogen-bond donors (Lipinski definition) is 2. The Balaban J connectivity index is 1.04. The lowest BCUT2D eigenvalue weighted by Crippen LogP contribution is -2.71. The minimum absolute atomic E-state index is 0.0274. The predicted octanol–water partition coefficient (Wildman–Crippen LogP) is 6.81. The summed E-state index contributed by atoms with van der Waals surface area (Å²) in [5.41, 5.74) is 4.34. The Morgan fingerprint density at radius 2 is 1.49 bits per heavy atom. The Labute approximate surface area is 360 Å². The highest BCUT2D eigenvalue weighted by Crippen LogP contribution is 2.42. The van der Waals surface area contributed by atoms with Crippen LogP contribution in [0.25, 0.3) is 6.08 Å². The topological polar surface area (TPSA) is 157 Å². The molecule has 2 amide bonds. The molecule has 0 unspecified atom stereocenters. The number of oxime groups is 1. The van der Waals surface area contributed by atoms with Crippen molar-refractivity contribution in [2.75, 3.05) is 25.3 Å². The van der Waals surface area contributed by atoms with Gasteiger partial charge in [-0.2, -0.15) is 0 Å². The number of esters is 1. The molecule has 2 aliphatic rings. The Morgan fingerprint density at radius 3 is 2.08 bits per heavy atom. The molecule has 2 aromatic heterocycles. The normalized spacial score (nSPS) is 16.4. The van der Waals surface area contributed by atoms with Crippen LogP contribution in [0.15, 0.2) is 162 Å². The van der Waals surface area contributed by atoms with Gasteiger partial charge in [-0.1, -0.05) is 120 Å². The molecule has 1 saturated heterocycles. The zero-order chi connectivity index (χ0) is 42.2. The number of carbonyl (C=O) groups excluding carboxylic acids is 3. The number of nitrogens with zero attached hydrogens (tertiary/aromatic N) is 5. The predicted molar refractivity (Wildman–Crippen MR) is 234 cm³/mol. The van der Waals surface area contributed by atoms with Gasteiger partial charge in [0.05, 0.1) is 7.11 Å². The number of β-lactam (4-membered cyclic amide) rings is 1. The van der Waals surface area contributed by atoms with Crippen LogP contribution < -0.4 is 15.4 Å². The van der Waals surface area contributed by atoms with Gasteiger partial charge in [0.2, 0.25) is 0 Å². The summed E-state index contributed by atoms with van der Waals surface area (Å²) in [5.74, 6) is -0.801. The highest BCUT2D eigenvalue weighted by molar-refractivity contribution is 8.00. The number of methoxy groups -OCH3 is 1. The second kappa shape index (κ2) is 18.4. The van der Waals surface area contributed by atoms with E-state index in [1.807, 2.05) is 54.6 Å². The Bertz CT molecular complexity index is 2490. The summed E-state index contributed by atoms with van der Waals surface area (Å²) in [6.07, 6.45) is 8.22. The Hall–Kier alpha value is -7.10. The van der Waals surface area contributed by atoms with Crippen LogP contribution in [-0.2, 0) is 36.1 Å². The summed E-state index contributed by atoms with van der Waals surface area (Å²) >= 11 is 2.71. The molecule has 4 heterocycles. The SMILES string of the molecule is CO/N=C(\C(=O)N[C@@H]1C(=O)N2C(C(=O)OCc3ccc(OC)cc3)=C(/C=C\c3cncnc3)CS[C@H]12)c1csc(NC(c2ccccc2)(c2ccccc2)c2ccccc2)n1. The number of thiazole rings is 1. The Morgan fingerprint density at radius 1 is 0.869 bits per heavy atom. The molecule has 2 N–H and O–H groups in total. The van der Waals surface area contributed by atoms with Gasteiger partial charge < -0.3 is 24.9 Å². The third kappa shape index (κ3) is 8.51. The van der Waals surface area contributed by atoms with Crippen LogP contribution >= 0.6 is 23.1 Å². The molecule has 4 aromatic carbocycles. The van der Waals surface area contributed by atoms with Crippen LogP contribution in [-0.4, -0.2) is 74.7 Å². The van der Waals surface area contributed by atoms with Crippen LogP contribution in [0.5, 0.6) is 5.75 Å². The van der Waals surface area contributed by atoms with Gasteiger partial charge in [0.25, 0.3) is 11.8 Å². The summed E-state index contributed by atoms with van der Waals surface area (Å²) in [6.45, 7) is -0.0274. The molecular formula is C46H39N7O6S2. The average Bonchev–Trinajstić information content (AvgIpc) is 3.79. The van der Waals surface area contributed by atoms with Crippen molar-refractivity contribution in [3.63, 3.8) is 0 Å². The number of allylic oxidation sites excluding steroid dienone is 1. The fourth-order valence-corrected chi connectivity index (χ4v) is 9.25. The number of anilines is 1. The lowest BCUT2D eigenvalue weighted by Gasteiger charge is -2.49. The van der Waals surface area contributed by atoms with Crippen LogP contribution in [0.3, 0.4) is 0 Å². The fraction of sp³-hybridized carbons (Fsp3) is 0.152. The molecule has 61 heavy (non-hydrogen) atoms. The van der Waals surface area contributed by atoms with E-state index in [2.05, 4.69) is 62.2 Å². The number of rotatable bonds is 15. The first kappa shape index (κ1) is 40.7. The second-order valence-electron chi connectivity index (χ2n) is 13.8. The molecule has 0 radical (unpaired) electrons. The molecule has 6 aromatic rings. The lowest BCUT2D eigenvalue weighted by molar-refractivity contribution is -0.153. The summed E-state index contributed by atoms with van der Waals surface area (Å²) in [5, 5.41) is 12.3. The van der Waals surface area contributed by atoms with Gasteiger partial charge in [0, 0.05) is 29.1 Å². The zero-order valence-electron chi connectivity index (χ0n) is 33.0. The molecule has 0 spiro atoms. The number of amides is 2. The van der Waals surface area contributed by atoms with Gasteiger partial charge in [-0.3, -0.25) is 14.5 Å². The summed E-state index contributed by atoms with van der Waals surface area (Å²) < 4.78 is 11.0. The van der Waals surface area contributed by atoms with E-state index in [-0.39, 0.29) is 23.7 Å². The second-order valence-corrected chi connectivity index (χ2v) is 15.8. The summed E-state index contributed by atoms with van der Waals surface area (Å²) in [7, 11) is 2.91. The molecule has 0 aliphatic carbocycles. The maximum Gasteiger partial charge on any atom is 0.355 e. The van der Waals surface area contributed by atoms with E-state index in [1.54, 1.807) is 61.3 Å². The number of hydrogen-bond acceptors (Lipinski definition) is 13. The molecule has 0 bridgehead atoms. The van der Waals surface area contributed by atoms with Gasteiger partial charge >= 0.3 is 5.97 Å².